The van der Waals surface area contributed by atoms with Crippen LogP contribution in [0.2, 0.25) is 0 Å². The second-order valence-electron chi connectivity index (χ2n) is 6.58. The maximum Gasteiger partial charge on any atom is 0.428 e. The fraction of sp³-hybridized carbons (Fsp3) is 0.812. The Morgan fingerprint density at radius 2 is 1.62 bits per heavy atom. The molecule has 0 radical (unpaired) electrons. The van der Waals surface area contributed by atoms with Crippen LogP contribution in [0.5, 0.6) is 0 Å². The Balaban J connectivity index is 2.94. The summed E-state index contributed by atoms with van der Waals surface area (Å²) in [5.74, 6) is -0.715. The van der Waals surface area contributed by atoms with Crippen molar-refractivity contribution in [1.82, 2.24) is 0 Å². The first-order chi connectivity index (χ1) is 11.7. The highest BCUT2D eigenvalue weighted by molar-refractivity contribution is 5.86. The molecule has 0 amide bonds. The number of esters is 1. The Kier molecular flexibility index (Phi) is 6.79. The summed E-state index contributed by atoms with van der Waals surface area (Å²) < 4.78 is 87.8. The van der Waals surface area contributed by atoms with Gasteiger partial charge in [-0.05, 0) is 26.7 Å². The highest BCUT2D eigenvalue weighted by atomic mass is 19.4. The molecule has 26 heavy (non-hydrogen) atoms. The molecule has 0 aliphatic heterocycles. The van der Waals surface area contributed by atoms with Crippen molar-refractivity contribution in [3.8, 4) is 0 Å². The van der Waals surface area contributed by atoms with Gasteiger partial charge in [-0.25, -0.2) is 4.79 Å². The van der Waals surface area contributed by atoms with Crippen molar-refractivity contribution >= 4 is 5.97 Å². The first-order valence-corrected chi connectivity index (χ1v) is 8.02. The van der Waals surface area contributed by atoms with Gasteiger partial charge in [-0.15, -0.1) is 0 Å². The van der Waals surface area contributed by atoms with Gasteiger partial charge in [0.1, 0.15) is 6.10 Å². The molecule has 1 aliphatic carbocycles. The molecule has 0 aromatic carbocycles. The van der Waals surface area contributed by atoms with Crippen LogP contribution < -0.4 is 0 Å². The van der Waals surface area contributed by atoms with E-state index in [2.05, 4.69) is 6.58 Å². The molecule has 1 aliphatic rings. The Hall–Kier alpha value is -1.29. The molecule has 152 valence electrons. The van der Waals surface area contributed by atoms with E-state index in [4.69, 9.17) is 9.47 Å². The van der Waals surface area contributed by atoms with Gasteiger partial charge < -0.3 is 14.6 Å². The van der Waals surface area contributed by atoms with E-state index < -0.39 is 35.6 Å². The molecule has 0 aromatic heterocycles. The van der Waals surface area contributed by atoms with E-state index in [0.717, 1.165) is 0 Å². The van der Waals surface area contributed by atoms with Crippen molar-refractivity contribution in [2.45, 2.75) is 75.6 Å². The zero-order valence-electron chi connectivity index (χ0n) is 14.5. The second-order valence-corrected chi connectivity index (χ2v) is 6.58. The fourth-order valence-corrected chi connectivity index (χ4v) is 2.98. The summed E-state index contributed by atoms with van der Waals surface area (Å²) in [4.78, 5) is 11.4. The maximum absolute atomic E-state index is 13.0. The zero-order chi connectivity index (χ0) is 20.4. The van der Waals surface area contributed by atoms with E-state index in [1.54, 1.807) is 0 Å². The van der Waals surface area contributed by atoms with Crippen LogP contribution in [-0.4, -0.2) is 47.3 Å². The minimum atomic E-state index is -5.96. The molecule has 0 bridgehead atoms. The van der Waals surface area contributed by atoms with Crippen molar-refractivity contribution in [2.24, 2.45) is 0 Å². The van der Waals surface area contributed by atoms with E-state index >= 15 is 0 Å². The lowest BCUT2D eigenvalue weighted by Gasteiger charge is -2.41. The van der Waals surface area contributed by atoms with Crippen LogP contribution in [0.15, 0.2) is 12.2 Å². The minimum Gasteiger partial charge on any atom is -0.462 e. The average Bonchev–Trinajstić information content (AvgIpc) is 2.92. The Morgan fingerprint density at radius 3 is 2.00 bits per heavy atom. The summed E-state index contributed by atoms with van der Waals surface area (Å²) in [5.41, 5.74) is -6.22. The number of hydrogen-bond acceptors (Lipinski definition) is 4. The largest absolute Gasteiger partial charge is 0.462 e. The molecule has 1 rings (SSSR count). The first kappa shape index (κ1) is 22.8. The molecule has 1 N–H and O–H groups in total. The molecule has 0 spiro atoms. The molecule has 1 saturated carbocycles. The Morgan fingerprint density at radius 1 is 1.15 bits per heavy atom. The number of hydrogen-bond donors (Lipinski definition) is 1. The van der Waals surface area contributed by atoms with Gasteiger partial charge in [0.25, 0.3) is 5.60 Å². The molecule has 1 unspecified atom stereocenters. The molecular formula is C16H22F6O4. The normalized spacial score (nSPS) is 19.3. The predicted octanol–water partition coefficient (Wildman–Crippen LogP) is 4.07. The van der Waals surface area contributed by atoms with Crippen LogP contribution in [0.4, 0.5) is 26.3 Å². The van der Waals surface area contributed by atoms with Gasteiger partial charge in [-0.2, -0.15) is 26.3 Å². The van der Waals surface area contributed by atoms with Gasteiger partial charge in [0.15, 0.2) is 0 Å². The lowest BCUT2D eigenvalue weighted by molar-refractivity contribution is -0.399. The smallest absolute Gasteiger partial charge is 0.428 e. The highest BCUT2D eigenvalue weighted by Gasteiger charge is 2.74. The van der Waals surface area contributed by atoms with Crippen LogP contribution in [-0.2, 0) is 14.3 Å². The minimum absolute atomic E-state index is 0.0812. The number of ether oxygens (including phenoxy) is 2. The van der Waals surface area contributed by atoms with Crippen LogP contribution in [0.25, 0.3) is 0 Å². The zero-order valence-corrected chi connectivity index (χ0v) is 14.5. The van der Waals surface area contributed by atoms with Crippen LogP contribution >= 0.6 is 0 Å². The van der Waals surface area contributed by atoms with Gasteiger partial charge in [0.05, 0.1) is 12.2 Å². The second kappa shape index (κ2) is 7.75. The monoisotopic (exact) mass is 392 g/mol. The quantitative estimate of drug-likeness (QED) is 0.403. The van der Waals surface area contributed by atoms with Crippen molar-refractivity contribution < 1.29 is 45.7 Å². The van der Waals surface area contributed by atoms with Crippen LogP contribution in [0.3, 0.4) is 0 Å². The third kappa shape index (κ3) is 4.70. The fourth-order valence-electron chi connectivity index (χ4n) is 2.98. The number of halogens is 6. The molecule has 0 aromatic rings. The van der Waals surface area contributed by atoms with Gasteiger partial charge in [-0.3, -0.25) is 0 Å². The summed E-state index contributed by atoms with van der Waals surface area (Å²) >= 11 is 0. The van der Waals surface area contributed by atoms with E-state index in [1.807, 2.05) is 0 Å². The molecular weight excluding hydrogens is 370 g/mol. The summed E-state index contributed by atoms with van der Waals surface area (Å²) in [5, 5.41) is 9.44. The molecule has 0 heterocycles. The van der Waals surface area contributed by atoms with Crippen molar-refractivity contribution in [1.29, 1.82) is 0 Å². The van der Waals surface area contributed by atoms with Gasteiger partial charge >= 0.3 is 18.3 Å². The summed E-state index contributed by atoms with van der Waals surface area (Å²) in [6, 6.07) is 0. The third-order valence-electron chi connectivity index (χ3n) is 4.53. The lowest BCUT2D eigenvalue weighted by Crippen LogP contribution is -2.65. The average molecular weight is 392 g/mol. The summed E-state index contributed by atoms with van der Waals surface area (Å²) in [6.45, 7) is 5.07. The lowest BCUT2D eigenvalue weighted by atomic mass is 9.92. The molecule has 0 saturated heterocycles. The standard InChI is InChI=1S/C16H22F6O4/c1-10(2)12(23)25-9-8-13(6-4-5-7-13)26-11(3)14(24,15(17,18)19)16(20,21)22/h11,24H,1,4-9H2,2-3H3. The van der Waals surface area contributed by atoms with Gasteiger partial charge in [-0.1, -0.05) is 19.4 Å². The van der Waals surface area contributed by atoms with Crippen LogP contribution in [0.1, 0.15) is 46.0 Å². The number of rotatable bonds is 7. The van der Waals surface area contributed by atoms with E-state index in [9.17, 15) is 36.2 Å². The molecule has 4 nitrogen and oxygen atoms in total. The van der Waals surface area contributed by atoms with Crippen molar-refractivity contribution in [3.63, 3.8) is 0 Å². The van der Waals surface area contributed by atoms with Crippen LogP contribution in [0, 0.1) is 0 Å². The SMILES string of the molecule is C=C(C)C(=O)OCCC1(OC(C)C(O)(C(F)(F)F)C(F)(F)F)CCCC1. The third-order valence-corrected chi connectivity index (χ3v) is 4.53. The van der Waals surface area contributed by atoms with E-state index in [-0.39, 0.29) is 31.4 Å². The molecule has 1 fully saturated rings. The topological polar surface area (TPSA) is 55.8 Å². The summed E-state index contributed by atoms with van der Waals surface area (Å²) in [6.07, 6.45) is -13.1. The summed E-state index contributed by atoms with van der Waals surface area (Å²) in [7, 11) is 0. The van der Waals surface area contributed by atoms with E-state index in [1.165, 1.54) is 6.92 Å². The van der Waals surface area contributed by atoms with Gasteiger partial charge in [0.2, 0.25) is 0 Å². The maximum atomic E-state index is 13.0. The van der Waals surface area contributed by atoms with Crippen molar-refractivity contribution in [3.05, 3.63) is 12.2 Å². The highest BCUT2D eigenvalue weighted by Crippen LogP contribution is 2.48. The first-order valence-electron chi connectivity index (χ1n) is 8.02. The molecule has 10 heteroatoms. The Labute approximate surface area is 147 Å². The Bertz CT molecular complexity index is 506. The molecule has 1 atom stereocenters. The van der Waals surface area contributed by atoms with Crippen molar-refractivity contribution in [2.75, 3.05) is 6.61 Å². The van der Waals surface area contributed by atoms with Gasteiger partial charge in [0, 0.05) is 12.0 Å². The number of aliphatic hydroxyl groups is 1. The van der Waals surface area contributed by atoms with E-state index in [0.29, 0.717) is 19.8 Å². The predicted molar refractivity (Wildman–Crippen MR) is 79.2 cm³/mol. The number of carbonyl (C=O) groups excluding carboxylic acids is 1. The number of alkyl halides is 6. The number of carbonyl (C=O) groups is 1.